The molecule has 0 unspecified atom stereocenters. The first-order valence-electron chi connectivity index (χ1n) is 8.63. The highest BCUT2D eigenvalue weighted by Crippen LogP contribution is 2.32. The van der Waals surface area contributed by atoms with Crippen molar-refractivity contribution in [3.8, 4) is 5.75 Å². The predicted molar refractivity (Wildman–Crippen MR) is 118 cm³/mol. The lowest BCUT2D eigenvalue weighted by Crippen LogP contribution is -2.16. The van der Waals surface area contributed by atoms with Gasteiger partial charge in [-0.2, -0.15) is 0 Å². The molecular formula is C20H14Cl2N4O3S. The SMILES string of the molecule is O=S(=O)(Nc1nc2ccccc2nc1Nc1ccccc1O)c1cc(Cl)ccc1Cl. The molecule has 0 aliphatic rings. The molecule has 30 heavy (non-hydrogen) atoms. The lowest BCUT2D eigenvalue weighted by atomic mass is 10.3. The summed E-state index contributed by atoms with van der Waals surface area (Å²) in [5.74, 6) is 0.0177. The highest BCUT2D eigenvalue weighted by molar-refractivity contribution is 7.92. The van der Waals surface area contributed by atoms with Crippen LogP contribution in [0.3, 0.4) is 0 Å². The number of nitrogens with zero attached hydrogens (tertiary/aromatic N) is 2. The lowest BCUT2D eigenvalue weighted by Gasteiger charge is -2.15. The molecule has 7 nitrogen and oxygen atoms in total. The van der Waals surface area contributed by atoms with Crippen molar-refractivity contribution < 1.29 is 13.5 Å². The number of aromatic nitrogens is 2. The van der Waals surface area contributed by atoms with E-state index in [1.807, 2.05) is 0 Å². The van der Waals surface area contributed by atoms with Crippen LogP contribution < -0.4 is 10.0 Å². The maximum atomic E-state index is 13.0. The van der Waals surface area contributed by atoms with E-state index in [2.05, 4.69) is 20.0 Å². The molecule has 0 saturated carbocycles. The third kappa shape index (κ3) is 4.11. The van der Waals surface area contributed by atoms with Crippen LogP contribution in [0.15, 0.2) is 71.6 Å². The topological polar surface area (TPSA) is 104 Å². The smallest absolute Gasteiger partial charge is 0.264 e. The number of phenolic OH excluding ortho intramolecular Hbond substituents is 1. The molecule has 1 heterocycles. The van der Waals surface area contributed by atoms with E-state index in [1.54, 1.807) is 42.5 Å². The summed E-state index contributed by atoms with van der Waals surface area (Å²) in [7, 11) is -4.13. The van der Waals surface area contributed by atoms with Gasteiger partial charge in [0.1, 0.15) is 10.6 Å². The molecule has 3 aromatic carbocycles. The average Bonchev–Trinajstić information content (AvgIpc) is 2.71. The summed E-state index contributed by atoms with van der Waals surface area (Å²) in [6.45, 7) is 0. The minimum absolute atomic E-state index is 0.0101. The highest BCUT2D eigenvalue weighted by atomic mass is 35.5. The quantitative estimate of drug-likeness (QED) is 0.354. The van der Waals surface area contributed by atoms with Gasteiger partial charge in [-0.25, -0.2) is 18.4 Å². The van der Waals surface area contributed by atoms with Crippen molar-refractivity contribution in [1.82, 2.24) is 9.97 Å². The molecule has 0 spiro atoms. The molecule has 0 amide bonds. The Labute approximate surface area is 182 Å². The molecule has 0 aliphatic heterocycles. The van der Waals surface area contributed by atoms with Crippen molar-refractivity contribution in [1.29, 1.82) is 0 Å². The van der Waals surface area contributed by atoms with Gasteiger partial charge in [0.25, 0.3) is 10.0 Å². The maximum Gasteiger partial charge on any atom is 0.264 e. The number of rotatable bonds is 5. The number of hydrogen-bond acceptors (Lipinski definition) is 6. The summed E-state index contributed by atoms with van der Waals surface area (Å²) >= 11 is 12.0. The Hall–Kier alpha value is -3.07. The standard InChI is InChI=1S/C20H14Cl2N4O3S/c21-12-9-10-13(22)18(11-12)30(28,29)26-20-19(25-16-7-3-4-8-17(16)27)23-14-5-1-2-6-15(14)24-20/h1-11,27H,(H,23,25)(H,24,26). The molecule has 0 bridgehead atoms. The fourth-order valence-electron chi connectivity index (χ4n) is 2.73. The normalized spacial score (nSPS) is 11.4. The van der Waals surface area contributed by atoms with E-state index in [-0.39, 0.29) is 32.3 Å². The predicted octanol–water partition coefficient (Wildman–Crippen LogP) is 5.19. The molecular weight excluding hydrogens is 447 g/mol. The van der Waals surface area contributed by atoms with Crippen LogP contribution in [-0.2, 0) is 10.0 Å². The molecule has 4 aromatic rings. The van der Waals surface area contributed by atoms with Gasteiger partial charge in [-0.15, -0.1) is 0 Å². The van der Waals surface area contributed by atoms with E-state index in [0.29, 0.717) is 16.7 Å². The van der Waals surface area contributed by atoms with Gasteiger partial charge in [0.05, 0.1) is 21.7 Å². The fourth-order valence-corrected chi connectivity index (χ4v) is 4.50. The molecule has 0 aliphatic carbocycles. The van der Waals surface area contributed by atoms with Gasteiger partial charge in [0.15, 0.2) is 11.6 Å². The maximum absolute atomic E-state index is 13.0. The zero-order valence-corrected chi connectivity index (χ0v) is 17.5. The zero-order chi connectivity index (χ0) is 21.3. The Morgan fingerprint density at radius 3 is 2.17 bits per heavy atom. The molecule has 0 fully saturated rings. The number of hydrogen-bond donors (Lipinski definition) is 3. The number of aromatic hydroxyl groups is 1. The van der Waals surface area contributed by atoms with Crippen LogP contribution in [0.25, 0.3) is 11.0 Å². The van der Waals surface area contributed by atoms with E-state index >= 15 is 0 Å². The lowest BCUT2D eigenvalue weighted by molar-refractivity contribution is 0.477. The molecule has 0 atom stereocenters. The van der Waals surface area contributed by atoms with Crippen LogP contribution in [-0.4, -0.2) is 23.5 Å². The van der Waals surface area contributed by atoms with Crippen molar-refractivity contribution in [3.63, 3.8) is 0 Å². The minimum Gasteiger partial charge on any atom is -0.506 e. The van der Waals surface area contributed by atoms with E-state index in [0.717, 1.165) is 0 Å². The van der Waals surface area contributed by atoms with Crippen molar-refractivity contribution in [2.24, 2.45) is 0 Å². The highest BCUT2D eigenvalue weighted by Gasteiger charge is 2.22. The van der Waals surface area contributed by atoms with Crippen molar-refractivity contribution in [2.75, 3.05) is 10.0 Å². The van der Waals surface area contributed by atoms with E-state index < -0.39 is 10.0 Å². The number of phenols is 1. The molecule has 10 heteroatoms. The number of anilines is 3. The van der Waals surface area contributed by atoms with Crippen LogP contribution in [0, 0.1) is 0 Å². The second-order valence-corrected chi connectivity index (χ2v) is 8.73. The minimum atomic E-state index is -4.13. The third-order valence-corrected chi connectivity index (χ3v) is 6.20. The Kier molecular flexibility index (Phi) is 5.38. The van der Waals surface area contributed by atoms with Crippen LogP contribution >= 0.6 is 23.2 Å². The fraction of sp³-hybridized carbons (Fsp3) is 0. The van der Waals surface area contributed by atoms with Crippen molar-refractivity contribution in [2.45, 2.75) is 4.90 Å². The summed E-state index contributed by atoms with van der Waals surface area (Å²) in [6, 6.07) is 17.6. The number of nitrogens with one attached hydrogen (secondary N) is 2. The zero-order valence-electron chi connectivity index (χ0n) is 15.2. The number of sulfonamides is 1. The first kappa shape index (κ1) is 20.2. The largest absolute Gasteiger partial charge is 0.506 e. The van der Waals surface area contributed by atoms with E-state index in [1.165, 1.54) is 24.3 Å². The van der Waals surface area contributed by atoms with E-state index in [4.69, 9.17) is 23.2 Å². The Morgan fingerprint density at radius 2 is 1.47 bits per heavy atom. The molecule has 0 radical (unpaired) electrons. The molecule has 0 saturated heterocycles. The van der Waals surface area contributed by atoms with Crippen LogP contribution in [0.2, 0.25) is 10.0 Å². The second-order valence-electron chi connectivity index (χ2n) is 6.23. The summed E-state index contributed by atoms with van der Waals surface area (Å²) < 4.78 is 28.4. The van der Waals surface area contributed by atoms with Crippen LogP contribution in [0.5, 0.6) is 5.75 Å². The average molecular weight is 461 g/mol. The second kappa shape index (κ2) is 7.98. The first-order valence-corrected chi connectivity index (χ1v) is 10.9. The number of fused-ring (bicyclic) bond motifs is 1. The van der Waals surface area contributed by atoms with E-state index in [9.17, 15) is 13.5 Å². The van der Waals surface area contributed by atoms with Gasteiger partial charge >= 0.3 is 0 Å². The summed E-state index contributed by atoms with van der Waals surface area (Å²) in [5, 5.41) is 13.2. The number of halogens is 2. The number of benzene rings is 3. The van der Waals surface area contributed by atoms with Crippen molar-refractivity contribution >= 4 is 61.6 Å². The van der Waals surface area contributed by atoms with Gasteiger partial charge in [-0.3, -0.25) is 4.72 Å². The summed E-state index contributed by atoms with van der Waals surface area (Å²) in [4.78, 5) is 8.66. The first-order chi connectivity index (χ1) is 14.3. The van der Waals surface area contributed by atoms with Crippen molar-refractivity contribution in [3.05, 3.63) is 76.8 Å². The van der Waals surface area contributed by atoms with Gasteiger partial charge in [-0.1, -0.05) is 47.5 Å². The van der Waals surface area contributed by atoms with Gasteiger partial charge in [0, 0.05) is 5.02 Å². The Balaban J connectivity index is 1.82. The summed E-state index contributed by atoms with van der Waals surface area (Å²) in [5.41, 5.74) is 1.36. The van der Waals surface area contributed by atoms with Gasteiger partial charge in [-0.05, 0) is 42.5 Å². The van der Waals surface area contributed by atoms with Gasteiger partial charge in [0.2, 0.25) is 0 Å². The number of para-hydroxylation sites is 4. The summed E-state index contributed by atoms with van der Waals surface area (Å²) in [6.07, 6.45) is 0. The third-order valence-electron chi connectivity index (χ3n) is 4.14. The Morgan fingerprint density at radius 1 is 0.833 bits per heavy atom. The van der Waals surface area contributed by atoms with Gasteiger partial charge < -0.3 is 10.4 Å². The monoisotopic (exact) mass is 460 g/mol. The Bertz CT molecular complexity index is 1360. The molecule has 1 aromatic heterocycles. The van der Waals surface area contributed by atoms with Crippen LogP contribution in [0.4, 0.5) is 17.3 Å². The molecule has 4 rings (SSSR count). The molecule has 152 valence electrons. The molecule has 3 N–H and O–H groups in total. The van der Waals surface area contributed by atoms with Crippen LogP contribution in [0.1, 0.15) is 0 Å².